The van der Waals surface area contributed by atoms with Crippen molar-refractivity contribution in [2.45, 2.75) is 45.2 Å². The number of halogens is 1. The van der Waals surface area contributed by atoms with Crippen LogP contribution >= 0.6 is 15.9 Å². The van der Waals surface area contributed by atoms with Crippen molar-refractivity contribution < 1.29 is 39.8 Å². The summed E-state index contributed by atoms with van der Waals surface area (Å²) in [5.74, 6) is 6.47. The van der Waals surface area contributed by atoms with Gasteiger partial charge < -0.3 is 14.6 Å². The first-order chi connectivity index (χ1) is 48.7. The Labute approximate surface area is 631 Å². The molecule has 4 nitrogen and oxygen atoms in total. The molecule has 13 aromatic carbocycles. The third-order valence-electron chi connectivity index (χ3n) is 18.4. The van der Waals surface area contributed by atoms with Crippen molar-refractivity contribution in [3.05, 3.63) is 370 Å². The number of hydrogen-bond acceptors (Lipinski definition) is 2. The fraction of sp³-hybridized carbons (Fsp3) is 0.0745. The number of Topliss-reactive ketones (excluding diaryl/α,β-unsaturated/α-hetero) is 1. The summed E-state index contributed by atoms with van der Waals surface area (Å²) in [6.07, 6.45) is 10.6. The van der Waals surface area contributed by atoms with E-state index in [1.54, 1.807) is 0 Å². The van der Waals surface area contributed by atoms with Gasteiger partial charge >= 0.3 is 29.6 Å². The molecule has 488 valence electrons. The number of rotatable bonds is 5. The predicted octanol–water partition coefficient (Wildman–Crippen LogP) is 21.0. The standard InChI is InChI=1S/C27H16O.C23H21NSi.C20H13N.C19H13Br.C5H10Si.Na.H2O/c28-27-23(18-9-3-1-4-10-18)25-20-15-7-13-17-14-8-16-21(22(17)20)26(25)24(27)19-11-5-2-6-12-19;1-25(2,3)17-16-18-12-14-19(15-13-18)24-22-10-6-4-8-20(22)21-9-5-7-11-23(21)24;1-2-15-11-13-16(14-12-15)21-19-9-5-3-7-17(19)18-8-4-6-10-20(18)21;20-14-11-9-13(10-12-14)19-17-7-3-1-5-15(17)16-6-2-4-8-18(16)19;1-5-6(2,3)4;;/h1-16H;4-15H,1-3H3;1,3-14H;1-12,19H;1H,2-4H3;;1H2/q;;;;;+1;/p-1. The van der Waals surface area contributed by atoms with Gasteiger partial charge in [0.05, 0.1) is 22.1 Å². The largest absolute Gasteiger partial charge is 1.00 e. The van der Waals surface area contributed by atoms with Crippen LogP contribution in [0.15, 0.2) is 320 Å². The third kappa shape index (κ3) is 14.4. The van der Waals surface area contributed by atoms with E-state index in [2.05, 4.69) is 330 Å². The van der Waals surface area contributed by atoms with E-state index in [-0.39, 0.29) is 40.8 Å². The summed E-state index contributed by atoms with van der Waals surface area (Å²) in [4.78, 5) is 13.7. The van der Waals surface area contributed by atoms with E-state index in [9.17, 15) is 4.79 Å². The van der Waals surface area contributed by atoms with E-state index in [4.69, 9.17) is 12.8 Å². The Kier molecular flexibility index (Phi) is 21.5. The van der Waals surface area contributed by atoms with E-state index in [1.165, 1.54) is 99.0 Å². The second-order valence-electron chi connectivity index (χ2n) is 27.3. The molecule has 2 aromatic heterocycles. The summed E-state index contributed by atoms with van der Waals surface area (Å²) >= 11 is 3.52. The molecule has 0 fully saturated rings. The Hall–Kier alpha value is -10.6. The quantitative estimate of drug-likeness (QED) is 0.127. The minimum Gasteiger partial charge on any atom is -0.870 e. The fourth-order valence-corrected chi connectivity index (χ4v) is 14.7. The average molecular weight is 1420 g/mol. The number of aromatic nitrogens is 2. The van der Waals surface area contributed by atoms with Crippen molar-refractivity contribution in [3.63, 3.8) is 0 Å². The molecule has 1 N–H and O–H groups in total. The molecule has 15 aromatic rings. The first-order valence-corrected chi connectivity index (χ1v) is 41.7. The summed E-state index contributed by atoms with van der Waals surface area (Å²) in [5, 5.41) is 7.60. The first-order valence-electron chi connectivity index (χ1n) is 33.9. The second-order valence-corrected chi connectivity index (χ2v) is 37.8. The van der Waals surface area contributed by atoms with Crippen LogP contribution in [0.2, 0.25) is 39.3 Å². The number of allylic oxidation sites excluding steroid dienone is 4. The van der Waals surface area contributed by atoms with E-state index < -0.39 is 16.1 Å². The fourth-order valence-electron chi connectivity index (χ4n) is 13.9. The molecule has 0 atom stereocenters. The monoisotopic (exact) mass is 1420 g/mol. The van der Waals surface area contributed by atoms with Gasteiger partial charge in [0.25, 0.3) is 0 Å². The number of nitrogens with zero attached hydrogens (tertiary/aromatic N) is 2. The van der Waals surface area contributed by atoms with Gasteiger partial charge in [-0.2, -0.15) is 0 Å². The molecule has 0 saturated carbocycles. The number of para-hydroxylation sites is 4. The zero-order chi connectivity index (χ0) is 69.1. The van der Waals surface area contributed by atoms with E-state index in [0.29, 0.717) is 5.92 Å². The smallest absolute Gasteiger partial charge is 0.870 e. The molecule has 0 radical (unpaired) electrons. The number of carbonyl (C=O) groups is 1. The average Bonchev–Trinajstić information content (AvgIpc) is 1.54. The van der Waals surface area contributed by atoms with Crippen molar-refractivity contribution >= 4 is 115 Å². The van der Waals surface area contributed by atoms with Crippen LogP contribution in [0.5, 0.6) is 0 Å². The van der Waals surface area contributed by atoms with Gasteiger partial charge in [0.1, 0.15) is 16.1 Å². The zero-order valence-electron chi connectivity index (χ0n) is 58.4. The van der Waals surface area contributed by atoms with Crippen LogP contribution in [-0.2, 0) is 4.79 Å². The van der Waals surface area contributed by atoms with Gasteiger partial charge in [-0.15, -0.1) is 23.9 Å². The van der Waals surface area contributed by atoms with Gasteiger partial charge in [0.2, 0.25) is 0 Å². The molecule has 18 rings (SSSR count). The predicted molar refractivity (Wildman–Crippen MR) is 436 cm³/mol. The maximum Gasteiger partial charge on any atom is 1.00 e. The Balaban J connectivity index is 0.000000125. The van der Waals surface area contributed by atoms with Crippen LogP contribution in [0, 0.1) is 35.8 Å². The molecule has 0 spiro atoms. The summed E-state index contributed by atoms with van der Waals surface area (Å²) in [6.45, 7) is 13.2. The molecule has 0 aliphatic heterocycles. The van der Waals surface area contributed by atoms with Gasteiger partial charge in [-0.05, 0) is 146 Å². The summed E-state index contributed by atoms with van der Waals surface area (Å²) in [5.41, 5.74) is 30.4. The number of benzene rings is 13. The summed E-state index contributed by atoms with van der Waals surface area (Å²) < 4.78 is 5.74. The van der Waals surface area contributed by atoms with Gasteiger partial charge in [0.15, 0.2) is 5.78 Å². The summed E-state index contributed by atoms with van der Waals surface area (Å²) in [6, 6.07) is 110. The van der Waals surface area contributed by atoms with Crippen LogP contribution in [0.3, 0.4) is 0 Å². The van der Waals surface area contributed by atoms with E-state index >= 15 is 0 Å². The molecule has 8 heteroatoms. The maximum atomic E-state index is 13.7. The van der Waals surface area contributed by atoms with Crippen LogP contribution in [0.25, 0.3) is 99.2 Å². The van der Waals surface area contributed by atoms with Crippen LogP contribution in [-0.4, -0.2) is 36.5 Å². The summed E-state index contributed by atoms with van der Waals surface area (Å²) in [7, 11) is -2.45. The SMILES string of the molecule is Brc1ccc(C2c3ccccc3-c3ccccc32)cc1.C#C[Si](C)(C)C.C#Cc1ccc(-n2c3ccccc3c3ccccc32)cc1.C[Si](C)(C)C#Cc1ccc(-n2c3ccccc3c3ccccc32)cc1.O=C1C(c2ccccc2)=C2C(=C1c1ccccc1)c1cccc3cccc2c13.[Na+].[OH-]. The maximum absolute atomic E-state index is 13.7. The minimum absolute atomic E-state index is 0. The molecule has 2 heterocycles. The van der Waals surface area contributed by atoms with Crippen molar-refractivity contribution in [1.82, 2.24) is 9.13 Å². The molecule has 0 saturated heterocycles. The minimum atomic E-state index is -1.35. The number of terminal acetylenes is 2. The second kappa shape index (κ2) is 30.7. The molecule has 0 amide bonds. The number of carbonyl (C=O) groups excluding carboxylic acids is 1. The van der Waals surface area contributed by atoms with Crippen LogP contribution in [0.4, 0.5) is 0 Å². The van der Waals surface area contributed by atoms with Crippen molar-refractivity contribution in [1.29, 1.82) is 0 Å². The number of fused-ring (bicyclic) bond motifs is 12. The van der Waals surface area contributed by atoms with E-state index in [1.807, 2.05) is 72.8 Å². The molecule has 102 heavy (non-hydrogen) atoms. The topological polar surface area (TPSA) is 56.9 Å². The molecule has 3 aliphatic carbocycles. The normalized spacial score (nSPS) is 12.3. The Bertz CT molecular complexity index is 5600. The van der Waals surface area contributed by atoms with Crippen molar-refractivity contribution in [2.75, 3.05) is 0 Å². The zero-order valence-corrected chi connectivity index (χ0v) is 64.0. The van der Waals surface area contributed by atoms with E-state index in [0.717, 1.165) is 54.7 Å². The third-order valence-corrected chi connectivity index (χ3v) is 20.7. The first kappa shape index (κ1) is 71.3. The Morgan fingerprint density at radius 1 is 0.373 bits per heavy atom. The molecule has 3 aliphatic rings. The van der Waals surface area contributed by atoms with Gasteiger partial charge in [-0.1, -0.05) is 298 Å². The van der Waals surface area contributed by atoms with Crippen LogP contribution < -0.4 is 29.6 Å². The van der Waals surface area contributed by atoms with Crippen molar-refractivity contribution in [2.24, 2.45) is 0 Å². The Morgan fingerprint density at radius 3 is 1.11 bits per heavy atom. The number of hydrogen-bond donors (Lipinski definition) is 0. The number of ketones is 1. The molecular formula is C94H74BrN2NaO2Si2. The van der Waals surface area contributed by atoms with Crippen molar-refractivity contribution in [3.8, 4) is 58.3 Å². The molecule has 0 bridgehead atoms. The van der Waals surface area contributed by atoms with Gasteiger partial charge in [-0.3, -0.25) is 4.79 Å². The van der Waals surface area contributed by atoms with Crippen LogP contribution in [0.1, 0.15) is 56.0 Å². The Morgan fingerprint density at radius 2 is 0.725 bits per heavy atom. The van der Waals surface area contributed by atoms with Gasteiger partial charge in [-0.25, -0.2) is 0 Å². The van der Waals surface area contributed by atoms with Gasteiger partial charge in [0, 0.05) is 76.7 Å². The molecule has 0 unspecified atom stereocenters. The molecular weight excluding hydrogens is 1350 g/mol.